The van der Waals surface area contributed by atoms with Gasteiger partial charge in [0.2, 0.25) is 0 Å². The summed E-state index contributed by atoms with van der Waals surface area (Å²) in [4.78, 5) is 14.3. The summed E-state index contributed by atoms with van der Waals surface area (Å²) in [6.07, 6.45) is 7.07. The average Bonchev–Trinajstić information content (AvgIpc) is 3.27. The minimum absolute atomic E-state index is 0.0611. The van der Waals surface area contributed by atoms with Gasteiger partial charge >= 0.3 is 0 Å². The van der Waals surface area contributed by atoms with Crippen LogP contribution < -0.4 is 10.1 Å². The SMILES string of the molecule is O=C(COc1ccc2oc3c(c2c1)CCCC3)NCCN1CCCC1. The number of nitrogens with one attached hydrogen (secondary N) is 1. The van der Waals surface area contributed by atoms with Gasteiger partial charge in [-0.25, -0.2) is 0 Å². The third-order valence-electron chi connectivity index (χ3n) is 5.25. The summed E-state index contributed by atoms with van der Waals surface area (Å²) in [6.45, 7) is 3.99. The molecule has 1 saturated heterocycles. The van der Waals surface area contributed by atoms with Gasteiger partial charge in [0.1, 0.15) is 17.1 Å². The molecule has 2 aromatic rings. The molecule has 1 aromatic heterocycles. The summed E-state index contributed by atoms with van der Waals surface area (Å²) in [6, 6.07) is 5.85. The van der Waals surface area contributed by atoms with E-state index in [0.29, 0.717) is 6.54 Å². The van der Waals surface area contributed by atoms with Crippen LogP contribution in [0, 0.1) is 0 Å². The molecule has 1 amide bonds. The lowest BCUT2D eigenvalue weighted by molar-refractivity contribution is -0.123. The molecule has 1 aromatic carbocycles. The Balaban J connectivity index is 1.30. The first-order valence-electron chi connectivity index (χ1n) is 9.46. The fraction of sp³-hybridized carbons (Fsp3) is 0.550. The van der Waals surface area contributed by atoms with Crippen LogP contribution in [0.1, 0.15) is 37.0 Å². The molecule has 4 rings (SSSR count). The monoisotopic (exact) mass is 342 g/mol. The number of likely N-dealkylation sites (tertiary alicyclic amines) is 1. The maximum absolute atomic E-state index is 12.0. The quantitative estimate of drug-likeness (QED) is 0.877. The lowest BCUT2D eigenvalue weighted by Crippen LogP contribution is -2.35. The number of nitrogens with zero attached hydrogens (tertiary/aromatic N) is 1. The molecule has 1 aliphatic heterocycles. The van der Waals surface area contributed by atoms with Crippen LogP contribution in [0.5, 0.6) is 5.75 Å². The fourth-order valence-corrected chi connectivity index (χ4v) is 3.89. The number of carbonyl (C=O) groups is 1. The smallest absolute Gasteiger partial charge is 0.257 e. The maximum atomic E-state index is 12.0. The van der Waals surface area contributed by atoms with E-state index in [1.54, 1.807) is 0 Å². The molecular formula is C20H26N2O3. The number of rotatable bonds is 6. The third-order valence-corrected chi connectivity index (χ3v) is 5.25. The lowest BCUT2D eigenvalue weighted by atomic mass is 9.96. The van der Waals surface area contributed by atoms with Crippen LogP contribution in [-0.2, 0) is 17.6 Å². The first kappa shape index (κ1) is 16.5. The Kier molecular flexibility index (Phi) is 4.92. The van der Waals surface area contributed by atoms with E-state index in [0.717, 1.165) is 55.0 Å². The minimum atomic E-state index is -0.0616. The molecule has 5 nitrogen and oxygen atoms in total. The fourth-order valence-electron chi connectivity index (χ4n) is 3.89. The minimum Gasteiger partial charge on any atom is -0.484 e. The van der Waals surface area contributed by atoms with Crippen LogP contribution in [0.2, 0.25) is 0 Å². The van der Waals surface area contributed by atoms with Gasteiger partial charge in [-0.15, -0.1) is 0 Å². The van der Waals surface area contributed by atoms with Gasteiger partial charge in [-0.2, -0.15) is 0 Å². The van der Waals surface area contributed by atoms with Gasteiger partial charge in [-0.3, -0.25) is 4.79 Å². The maximum Gasteiger partial charge on any atom is 0.257 e. The van der Waals surface area contributed by atoms with E-state index in [1.807, 2.05) is 18.2 Å². The molecule has 25 heavy (non-hydrogen) atoms. The van der Waals surface area contributed by atoms with E-state index in [4.69, 9.17) is 9.15 Å². The van der Waals surface area contributed by atoms with E-state index < -0.39 is 0 Å². The van der Waals surface area contributed by atoms with Gasteiger partial charge < -0.3 is 19.4 Å². The molecule has 0 saturated carbocycles. The molecule has 0 spiro atoms. The van der Waals surface area contributed by atoms with Gasteiger partial charge in [0.15, 0.2) is 6.61 Å². The zero-order chi connectivity index (χ0) is 17.1. The van der Waals surface area contributed by atoms with Crippen molar-refractivity contribution in [3.8, 4) is 5.75 Å². The molecule has 0 atom stereocenters. The summed E-state index contributed by atoms with van der Waals surface area (Å²) in [5, 5.41) is 4.08. The Morgan fingerprint density at radius 1 is 1.16 bits per heavy atom. The summed E-state index contributed by atoms with van der Waals surface area (Å²) in [5.74, 6) is 1.79. The van der Waals surface area contributed by atoms with Crippen LogP contribution in [0.15, 0.2) is 22.6 Å². The Morgan fingerprint density at radius 3 is 2.88 bits per heavy atom. The number of fused-ring (bicyclic) bond motifs is 3. The molecule has 0 radical (unpaired) electrons. The van der Waals surface area contributed by atoms with Gasteiger partial charge in [0.25, 0.3) is 5.91 Å². The number of hydrogen-bond acceptors (Lipinski definition) is 4. The van der Waals surface area contributed by atoms with Crippen LogP contribution in [0.25, 0.3) is 11.0 Å². The molecule has 0 unspecified atom stereocenters. The predicted octanol–water partition coefficient (Wildman–Crippen LogP) is 2.90. The number of hydrogen-bond donors (Lipinski definition) is 1. The molecule has 1 fully saturated rings. The Hall–Kier alpha value is -2.01. The zero-order valence-electron chi connectivity index (χ0n) is 14.7. The van der Waals surface area contributed by atoms with Crippen molar-refractivity contribution in [3.63, 3.8) is 0 Å². The van der Waals surface area contributed by atoms with E-state index in [2.05, 4.69) is 10.2 Å². The van der Waals surface area contributed by atoms with Crippen molar-refractivity contribution in [1.29, 1.82) is 0 Å². The zero-order valence-corrected chi connectivity index (χ0v) is 14.7. The average molecular weight is 342 g/mol. The van der Waals surface area contributed by atoms with Crippen molar-refractivity contribution >= 4 is 16.9 Å². The standard InChI is InChI=1S/C20H26N2O3/c23-20(21-9-12-22-10-3-4-11-22)14-24-15-7-8-19-17(13-15)16-5-1-2-6-18(16)25-19/h7-8,13H,1-6,9-12,14H2,(H,21,23). The van der Waals surface area contributed by atoms with Gasteiger partial charge in [-0.05, 0) is 63.4 Å². The van der Waals surface area contributed by atoms with Crippen LogP contribution in [0.3, 0.4) is 0 Å². The molecule has 1 N–H and O–H groups in total. The number of aryl methyl sites for hydroxylation is 2. The van der Waals surface area contributed by atoms with Crippen molar-refractivity contribution in [2.45, 2.75) is 38.5 Å². The topological polar surface area (TPSA) is 54.7 Å². The van der Waals surface area contributed by atoms with Crippen LogP contribution >= 0.6 is 0 Å². The van der Waals surface area contributed by atoms with Crippen molar-refractivity contribution in [2.75, 3.05) is 32.8 Å². The summed E-state index contributed by atoms with van der Waals surface area (Å²) in [7, 11) is 0. The van der Waals surface area contributed by atoms with Crippen LogP contribution in [0.4, 0.5) is 0 Å². The van der Waals surface area contributed by atoms with Gasteiger partial charge in [0.05, 0.1) is 0 Å². The van der Waals surface area contributed by atoms with E-state index in [9.17, 15) is 4.79 Å². The van der Waals surface area contributed by atoms with Crippen molar-refractivity contribution < 1.29 is 13.9 Å². The van der Waals surface area contributed by atoms with E-state index >= 15 is 0 Å². The molecule has 1 aliphatic carbocycles. The Labute approximate surface area is 148 Å². The number of ether oxygens (including phenoxy) is 1. The van der Waals surface area contributed by atoms with Gasteiger partial charge in [0, 0.05) is 30.5 Å². The van der Waals surface area contributed by atoms with Crippen molar-refractivity contribution in [3.05, 3.63) is 29.5 Å². The molecule has 2 aliphatic rings. The Morgan fingerprint density at radius 2 is 2.00 bits per heavy atom. The number of amides is 1. The molecular weight excluding hydrogens is 316 g/mol. The van der Waals surface area contributed by atoms with Crippen molar-refractivity contribution in [1.82, 2.24) is 10.2 Å². The third kappa shape index (κ3) is 3.82. The second-order valence-corrected chi connectivity index (χ2v) is 7.06. The first-order valence-corrected chi connectivity index (χ1v) is 9.46. The number of furan rings is 1. The molecule has 2 heterocycles. The highest BCUT2D eigenvalue weighted by Gasteiger charge is 2.18. The van der Waals surface area contributed by atoms with E-state index in [-0.39, 0.29) is 12.5 Å². The summed E-state index contributed by atoms with van der Waals surface area (Å²) in [5.41, 5.74) is 2.25. The summed E-state index contributed by atoms with van der Waals surface area (Å²) >= 11 is 0. The van der Waals surface area contributed by atoms with Crippen molar-refractivity contribution in [2.24, 2.45) is 0 Å². The van der Waals surface area contributed by atoms with Gasteiger partial charge in [-0.1, -0.05) is 0 Å². The molecule has 5 heteroatoms. The normalized spacial score (nSPS) is 17.6. The lowest BCUT2D eigenvalue weighted by Gasteiger charge is -2.14. The molecule has 134 valence electrons. The van der Waals surface area contributed by atoms with E-state index in [1.165, 1.54) is 31.2 Å². The second kappa shape index (κ2) is 7.48. The Bertz CT molecular complexity index is 747. The predicted molar refractivity (Wildman–Crippen MR) is 97.0 cm³/mol. The number of carbonyl (C=O) groups excluding carboxylic acids is 1. The highest BCUT2D eigenvalue weighted by molar-refractivity contribution is 5.84. The first-order chi connectivity index (χ1) is 12.3. The largest absolute Gasteiger partial charge is 0.484 e. The molecule has 0 bridgehead atoms. The summed E-state index contributed by atoms with van der Waals surface area (Å²) < 4.78 is 11.6. The highest BCUT2D eigenvalue weighted by atomic mass is 16.5. The van der Waals surface area contributed by atoms with Crippen LogP contribution in [-0.4, -0.2) is 43.6 Å². The second-order valence-electron chi connectivity index (χ2n) is 7.06. The highest BCUT2D eigenvalue weighted by Crippen LogP contribution is 2.33. The number of benzene rings is 1.